The van der Waals surface area contributed by atoms with Gasteiger partial charge in [0.15, 0.2) is 12.7 Å². The SMILES string of the molecule is CCCCCCCCCCCCCCOc1cc(OC)ccc1NC(=O)Nc1ccc(C[n+]2csc(C)c2)cc1.[Br-]. The second kappa shape index (κ2) is 20.3. The van der Waals surface area contributed by atoms with Gasteiger partial charge in [0.05, 0.1) is 24.3 Å². The summed E-state index contributed by atoms with van der Waals surface area (Å²) in [6, 6.07) is 13.1. The van der Waals surface area contributed by atoms with E-state index < -0.39 is 0 Å². The van der Waals surface area contributed by atoms with E-state index in [9.17, 15) is 4.79 Å². The number of benzene rings is 2. The number of rotatable bonds is 19. The molecule has 8 heteroatoms. The number of anilines is 2. The van der Waals surface area contributed by atoms with Crippen molar-refractivity contribution in [3.63, 3.8) is 0 Å². The fourth-order valence-electron chi connectivity index (χ4n) is 4.69. The van der Waals surface area contributed by atoms with E-state index in [1.807, 2.05) is 42.5 Å². The van der Waals surface area contributed by atoms with Crippen LogP contribution < -0.4 is 41.7 Å². The maximum atomic E-state index is 12.7. The number of ether oxygens (including phenoxy) is 2. The van der Waals surface area contributed by atoms with Crippen molar-refractivity contribution < 1.29 is 35.8 Å². The van der Waals surface area contributed by atoms with Gasteiger partial charge in [0.25, 0.3) is 0 Å². The van der Waals surface area contributed by atoms with Crippen LogP contribution in [0.4, 0.5) is 16.2 Å². The van der Waals surface area contributed by atoms with Crippen LogP contribution in [0.2, 0.25) is 0 Å². The minimum Gasteiger partial charge on any atom is -1.00 e. The molecule has 0 aliphatic carbocycles. The minimum atomic E-state index is -0.309. The Balaban J connectivity index is 0.00000588. The van der Waals surface area contributed by atoms with Crippen molar-refractivity contribution in [3.05, 3.63) is 64.6 Å². The molecule has 0 unspecified atom stereocenters. The summed E-state index contributed by atoms with van der Waals surface area (Å²) in [5.41, 5.74) is 4.65. The standard InChI is InChI=1S/C33H47N3O3S.BrH/c1-4-5-6-7-8-9-10-11-12-13-14-15-22-39-32-23-30(38-3)20-21-31(32)35-33(37)34-29-18-16-28(17-19-29)25-36-24-27(2)40-26-36;/h16-21,23-24,26H,4-15,22,25H2,1-3H3,(H-,34,35,37);1H. The van der Waals surface area contributed by atoms with E-state index in [-0.39, 0.29) is 23.0 Å². The van der Waals surface area contributed by atoms with E-state index in [1.54, 1.807) is 18.4 Å². The van der Waals surface area contributed by atoms with Gasteiger partial charge in [-0.15, -0.1) is 0 Å². The molecule has 3 rings (SSSR count). The molecule has 226 valence electrons. The Hall–Kier alpha value is -2.58. The lowest BCUT2D eigenvalue weighted by Crippen LogP contribution is -3.00. The third-order valence-electron chi connectivity index (χ3n) is 6.99. The molecule has 2 aromatic carbocycles. The van der Waals surface area contributed by atoms with Gasteiger partial charge in [-0.25, -0.2) is 4.79 Å². The summed E-state index contributed by atoms with van der Waals surface area (Å²) in [5, 5.41) is 5.85. The molecule has 3 aromatic rings. The highest BCUT2D eigenvalue weighted by atomic mass is 79.9. The van der Waals surface area contributed by atoms with Gasteiger partial charge >= 0.3 is 6.03 Å². The van der Waals surface area contributed by atoms with Crippen molar-refractivity contribution in [1.82, 2.24) is 0 Å². The number of nitrogens with one attached hydrogen (secondary N) is 2. The zero-order valence-electron chi connectivity index (χ0n) is 25.1. The molecule has 0 atom stereocenters. The first-order chi connectivity index (χ1) is 19.6. The second-order valence-corrected chi connectivity index (χ2v) is 11.6. The second-order valence-electron chi connectivity index (χ2n) is 10.5. The average molecular weight is 647 g/mol. The molecule has 0 radical (unpaired) electrons. The summed E-state index contributed by atoms with van der Waals surface area (Å²) in [6.07, 6.45) is 17.8. The summed E-state index contributed by atoms with van der Waals surface area (Å²) in [5.74, 6) is 1.32. The zero-order valence-corrected chi connectivity index (χ0v) is 27.5. The lowest BCUT2D eigenvalue weighted by Gasteiger charge is -2.14. The van der Waals surface area contributed by atoms with E-state index in [0.29, 0.717) is 23.8 Å². The summed E-state index contributed by atoms with van der Waals surface area (Å²) in [6.45, 7) is 5.79. The van der Waals surface area contributed by atoms with Crippen molar-refractivity contribution in [3.8, 4) is 11.5 Å². The Morgan fingerprint density at radius 2 is 1.49 bits per heavy atom. The smallest absolute Gasteiger partial charge is 0.323 e. The fraction of sp³-hybridized carbons (Fsp3) is 0.515. The van der Waals surface area contributed by atoms with E-state index in [0.717, 1.165) is 25.1 Å². The van der Waals surface area contributed by atoms with E-state index in [4.69, 9.17) is 9.47 Å². The maximum Gasteiger partial charge on any atom is 0.323 e. The highest BCUT2D eigenvalue weighted by Crippen LogP contribution is 2.30. The Kier molecular flexibility index (Phi) is 17.2. The number of unbranched alkanes of at least 4 members (excludes halogenated alkanes) is 11. The molecule has 6 nitrogen and oxygen atoms in total. The summed E-state index contributed by atoms with van der Waals surface area (Å²) in [7, 11) is 1.63. The number of halogens is 1. The first-order valence-corrected chi connectivity index (χ1v) is 15.9. The Morgan fingerprint density at radius 3 is 2.07 bits per heavy atom. The number of amides is 2. The number of aromatic nitrogens is 1. The van der Waals surface area contributed by atoms with Gasteiger partial charge in [-0.1, -0.05) is 101 Å². The van der Waals surface area contributed by atoms with E-state index in [1.165, 1.54) is 74.6 Å². The molecule has 1 heterocycles. The zero-order chi connectivity index (χ0) is 28.4. The highest BCUT2D eigenvalue weighted by Gasteiger charge is 2.11. The Bertz CT molecular complexity index is 1140. The van der Waals surface area contributed by atoms with Crippen LogP contribution >= 0.6 is 11.3 Å². The number of hydrogen-bond acceptors (Lipinski definition) is 4. The van der Waals surface area contributed by atoms with Gasteiger partial charge in [0.1, 0.15) is 11.5 Å². The Morgan fingerprint density at radius 1 is 0.854 bits per heavy atom. The van der Waals surface area contributed by atoms with Crippen molar-refractivity contribution >= 4 is 28.7 Å². The highest BCUT2D eigenvalue weighted by molar-refractivity contribution is 7.09. The number of carbonyl (C=O) groups is 1. The number of thiazole rings is 1. The van der Waals surface area contributed by atoms with Crippen molar-refractivity contribution in [2.45, 2.75) is 97.4 Å². The minimum absolute atomic E-state index is 0. The quantitative estimate of drug-likeness (QED) is 0.122. The first kappa shape index (κ1) is 34.6. The number of hydrogen-bond donors (Lipinski definition) is 2. The summed E-state index contributed by atoms with van der Waals surface area (Å²) < 4.78 is 13.6. The van der Waals surface area contributed by atoms with Crippen molar-refractivity contribution in [1.29, 1.82) is 0 Å². The van der Waals surface area contributed by atoms with Crippen LogP contribution in [0.1, 0.15) is 94.4 Å². The molecule has 0 aliphatic rings. The number of aryl methyl sites for hydroxylation is 1. The molecule has 1 aromatic heterocycles. The lowest BCUT2D eigenvalue weighted by molar-refractivity contribution is -0.683. The molecule has 41 heavy (non-hydrogen) atoms. The normalized spacial score (nSPS) is 10.6. The molecule has 2 N–H and O–H groups in total. The number of nitrogens with zero attached hydrogens (tertiary/aromatic N) is 1. The van der Waals surface area contributed by atoms with Crippen LogP contribution in [0.5, 0.6) is 11.5 Å². The first-order valence-electron chi connectivity index (χ1n) is 15.0. The van der Waals surface area contributed by atoms with Crippen LogP contribution in [0, 0.1) is 6.92 Å². The van der Waals surface area contributed by atoms with Crippen molar-refractivity contribution in [2.75, 3.05) is 24.4 Å². The molecular formula is C33H48BrN3O3S. The Labute approximate surface area is 261 Å². The molecule has 0 bridgehead atoms. The monoisotopic (exact) mass is 645 g/mol. The van der Waals surface area contributed by atoms with Crippen LogP contribution in [-0.2, 0) is 6.54 Å². The molecule has 0 fully saturated rings. The lowest BCUT2D eigenvalue weighted by atomic mass is 10.1. The molecule has 0 saturated heterocycles. The predicted octanol–water partition coefficient (Wildman–Crippen LogP) is 6.13. The topological polar surface area (TPSA) is 63.5 Å². The number of urea groups is 1. The molecule has 0 aliphatic heterocycles. The van der Waals surface area contributed by atoms with Crippen LogP contribution in [-0.4, -0.2) is 19.7 Å². The molecule has 0 spiro atoms. The molecule has 2 amide bonds. The van der Waals surface area contributed by atoms with Gasteiger partial charge < -0.3 is 37.1 Å². The predicted molar refractivity (Wildman–Crippen MR) is 167 cm³/mol. The van der Waals surface area contributed by atoms with Gasteiger partial charge in [-0.05, 0) is 37.6 Å². The maximum absolute atomic E-state index is 12.7. The summed E-state index contributed by atoms with van der Waals surface area (Å²) in [4.78, 5) is 14.0. The molecular weight excluding hydrogens is 598 g/mol. The van der Waals surface area contributed by atoms with Gasteiger partial charge in [-0.2, -0.15) is 4.57 Å². The van der Waals surface area contributed by atoms with Crippen LogP contribution in [0.3, 0.4) is 0 Å². The van der Waals surface area contributed by atoms with Gasteiger partial charge in [0, 0.05) is 17.3 Å². The van der Waals surface area contributed by atoms with Crippen LogP contribution in [0.15, 0.2) is 54.2 Å². The van der Waals surface area contributed by atoms with E-state index in [2.05, 4.69) is 40.8 Å². The third-order valence-corrected chi connectivity index (χ3v) is 7.84. The van der Waals surface area contributed by atoms with Crippen LogP contribution in [0.25, 0.3) is 0 Å². The average Bonchev–Trinajstić information content (AvgIpc) is 3.37. The third kappa shape index (κ3) is 13.8. The number of carbonyl (C=O) groups excluding carboxylic acids is 1. The van der Waals surface area contributed by atoms with E-state index >= 15 is 0 Å². The summed E-state index contributed by atoms with van der Waals surface area (Å²) >= 11 is 1.73. The molecule has 0 saturated carbocycles. The van der Waals surface area contributed by atoms with Crippen molar-refractivity contribution in [2.24, 2.45) is 0 Å². The fourth-order valence-corrected chi connectivity index (χ4v) is 5.33. The number of methoxy groups -OCH3 is 1. The largest absolute Gasteiger partial charge is 1.00 e. The van der Waals surface area contributed by atoms with Gasteiger partial charge in [-0.3, -0.25) is 0 Å². The van der Waals surface area contributed by atoms with Gasteiger partial charge in [0.2, 0.25) is 5.51 Å².